The highest BCUT2D eigenvalue weighted by molar-refractivity contribution is 5.85. The van der Waals surface area contributed by atoms with Crippen LogP contribution in [0.1, 0.15) is 70.5 Å². The van der Waals surface area contributed by atoms with Crippen LogP contribution in [0.4, 0.5) is 9.59 Å². The van der Waals surface area contributed by atoms with Gasteiger partial charge in [0.25, 0.3) is 0 Å². The van der Waals surface area contributed by atoms with E-state index in [1.807, 2.05) is 182 Å². The standard InChI is InChI=1S/C51H46N2O9/c54-42(45-49(56)62-47(40-29-17-6-18-30-40)44(38-25-13-4-14-26-38)53(45)51(58)60-34-36-21-9-2-10-22-36)32-31-41-48(55)61-46(39-27-15-5-16-28-39)43(37-23-11-3-12-24-37)52(41)50(57)59-33-35-19-7-1-8-20-35/h1-30,41-47,54H,31-34H2/t41-,42+,43-,44-,45-,46+,47+/m1/s1. The SMILES string of the molecule is O=C1O[C@@H](c2ccccc2)[C@@H](c2ccccc2)N(C(=O)OCc2ccccc2)[C@@H]1CC[C@H](O)[C@@H]1C(=O)O[C@@H](c2ccccc2)[C@@H](c2ccccc2)N1C(=O)OCc1ccccc1. The fourth-order valence-electron chi connectivity index (χ4n) is 8.31. The molecular weight excluding hydrogens is 785 g/mol. The van der Waals surface area contributed by atoms with E-state index in [-0.39, 0.29) is 26.1 Å². The lowest BCUT2D eigenvalue weighted by Crippen LogP contribution is -2.59. The first-order valence-corrected chi connectivity index (χ1v) is 20.6. The maximum absolute atomic E-state index is 14.5. The van der Waals surface area contributed by atoms with Crippen LogP contribution in [0.2, 0.25) is 0 Å². The van der Waals surface area contributed by atoms with Crippen molar-refractivity contribution in [2.24, 2.45) is 0 Å². The van der Waals surface area contributed by atoms with E-state index in [0.717, 1.165) is 11.1 Å². The molecule has 0 aromatic heterocycles. The Balaban J connectivity index is 1.14. The van der Waals surface area contributed by atoms with Crippen molar-refractivity contribution in [2.45, 2.75) is 68.5 Å². The minimum Gasteiger partial charge on any atom is -0.453 e. The molecule has 0 unspecified atom stereocenters. The molecule has 0 radical (unpaired) electrons. The van der Waals surface area contributed by atoms with Crippen LogP contribution < -0.4 is 0 Å². The Morgan fingerprint density at radius 2 is 0.855 bits per heavy atom. The predicted molar refractivity (Wildman–Crippen MR) is 229 cm³/mol. The Morgan fingerprint density at radius 1 is 0.500 bits per heavy atom. The molecule has 6 aromatic carbocycles. The largest absolute Gasteiger partial charge is 0.453 e. The average molecular weight is 831 g/mol. The molecule has 11 nitrogen and oxygen atoms in total. The van der Waals surface area contributed by atoms with Gasteiger partial charge in [0.2, 0.25) is 0 Å². The number of nitrogens with zero attached hydrogens (tertiary/aromatic N) is 2. The van der Waals surface area contributed by atoms with E-state index in [1.165, 1.54) is 9.80 Å². The highest BCUT2D eigenvalue weighted by Gasteiger charge is 2.53. The summed E-state index contributed by atoms with van der Waals surface area (Å²) in [5.41, 5.74) is 4.12. The summed E-state index contributed by atoms with van der Waals surface area (Å²) >= 11 is 0. The Hall–Kier alpha value is -7.24. The van der Waals surface area contributed by atoms with Crippen LogP contribution in [-0.4, -0.2) is 57.2 Å². The Labute approximate surface area is 360 Å². The normalized spacial score (nSPS) is 21.6. The molecule has 314 valence electrons. The molecule has 2 saturated heterocycles. The monoisotopic (exact) mass is 830 g/mol. The summed E-state index contributed by atoms with van der Waals surface area (Å²) in [5.74, 6) is -1.57. The highest BCUT2D eigenvalue weighted by atomic mass is 16.6. The van der Waals surface area contributed by atoms with Gasteiger partial charge in [-0.3, -0.25) is 9.80 Å². The van der Waals surface area contributed by atoms with Crippen molar-refractivity contribution in [3.8, 4) is 0 Å². The first-order chi connectivity index (χ1) is 30.4. The summed E-state index contributed by atoms with van der Waals surface area (Å²) in [6, 6.07) is 50.4. The number of hydrogen-bond donors (Lipinski definition) is 1. The number of esters is 2. The van der Waals surface area contributed by atoms with E-state index in [9.17, 15) is 24.3 Å². The molecule has 62 heavy (non-hydrogen) atoms. The highest BCUT2D eigenvalue weighted by Crippen LogP contribution is 2.46. The molecule has 0 bridgehead atoms. The number of amides is 2. The molecule has 6 aromatic rings. The third-order valence-electron chi connectivity index (χ3n) is 11.3. The molecule has 0 saturated carbocycles. The summed E-state index contributed by atoms with van der Waals surface area (Å²) < 4.78 is 24.2. The van der Waals surface area contributed by atoms with E-state index in [2.05, 4.69) is 0 Å². The summed E-state index contributed by atoms with van der Waals surface area (Å²) in [6.07, 6.45) is -5.46. The second kappa shape index (κ2) is 19.4. The number of carbonyl (C=O) groups is 4. The zero-order valence-corrected chi connectivity index (χ0v) is 33.8. The fraction of sp³-hybridized carbons (Fsp3) is 0.216. The van der Waals surface area contributed by atoms with Gasteiger partial charge >= 0.3 is 24.1 Å². The Bertz CT molecular complexity index is 2410. The van der Waals surface area contributed by atoms with Crippen molar-refractivity contribution in [2.75, 3.05) is 0 Å². The molecule has 11 heteroatoms. The summed E-state index contributed by atoms with van der Waals surface area (Å²) in [5, 5.41) is 12.2. The van der Waals surface area contributed by atoms with Gasteiger partial charge in [-0.05, 0) is 46.2 Å². The lowest BCUT2D eigenvalue weighted by atomic mass is 9.88. The number of benzene rings is 6. The second-order valence-corrected chi connectivity index (χ2v) is 15.2. The van der Waals surface area contributed by atoms with Gasteiger partial charge < -0.3 is 24.1 Å². The van der Waals surface area contributed by atoms with Crippen LogP contribution in [-0.2, 0) is 41.8 Å². The Kier molecular flexibility index (Phi) is 13.0. The van der Waals surface area contributed by atoms with E-state index in [1.54, 1.807) is 0 Å². The van der Waals surface area contributed by atoms with Crippen molar-refractivity contribution >= 4 is 24.1 Å². The number of aliphatic hydroxyl groups excluding tert-OH is 1. The smallest absolute Gasteiger partial charge is 0.411 e. The quantitative estimate of drug-likeness (QED) is 0.0947. The minimum absolute atomic E-state index is 0.0600. The molecule has 2 amide bonds. The maximum Gasteiger partial charge on any atom is 0.411 e. The zero-order valence-electron chi connectivity index (χ0n) is 33.8. The lowest BCUT2D eigenvalue weighted by molar-refractivity contribution is -0.181. The van der Waals surface area contributed by atoms with Gasteiger partial charge in [0.05, 0.1) is 6.10 Å². The van der Waals surface area contributed by atoms with Crippen LogP contribution in [0.15, 0.2) is 182 Å². The lowest BCUT2D eigenvalue weighted by Gasteiger charge is -2.47. The summed E-state index contributed by atoms with van der Waals surface area (Å²) in [6.45, 7) is -0.154. The van der Waals surface area contributed by atoms with E-state index >= 15 is 0 Å². The first-order valence-electron chi connectivity index (χ1n) is 20.6. The summed E-state index contributed by atoms with van der Waals surface area (Å²) in [4.78, 5) is 60.2. The maximum atomic E-state index is 14.5. The predicted octanol–water partition coefficient (Wildman–Crippen LogP) is 9.22. The van der Waals surface area contributed by atoms with Crippen molar-refractivity contribution in [1.82, 2.24) is 9.80 Å². The molecule has 7 atom stereocenters. The van der Waals surface area contributed by atoms with Gasteiger partial charge in [-0.25, -0.2) is 19.2 Å². The number of aliphatic hydroxyl groups is 1. The zero-order chi connectivity index (χ0) is 42.8. The third kappa shape index (κ3) is 9.23. The van der Waals surface area contributed by atoms with Crippen molar-refractivity contribution in [3.63, 3.8) is 0 Å². The third-order valence-corrected chi connectivity index (χ3v) is 11.3. The molecule has 8 rings (SSSR count). The van der Waals surface area contributed by atoms with Crippen LogP contribution >= 0.6 is 0 Å². The van der Waals surface area contributed by atoms with Gasteiger partial charge in [0.1, 0.15) is 31.3 Å². The molecular formula is C51H46N2O9. The minimum atomic E-state index is -1.59. The number of carbonyl (C=O) groups excluding carboxylic acids is 4. The molecule has 0 spiro atoms. The topological polar surface area (TPSA) is 132 Å². The fourth-order valence-corrected chi connectivity index (χ4v) is 8.31. The van der Waals surface area contributed by atoms with E-state index < -0.39 is 66.6 Å². The molecule has 2 heterocycles. The second-order valence-electron chi connectivity index (χ2n) is 15.2. The first kappa shape index (κ1) is 41.5. The van der Waals surface area contributed by atoms with Crippen molar-refractivity contribution in [3.05, 3.63) is 215 Å². The van der Waals surface area contributed by atoms with Gasteiger partial charge in [-0.2, -0.15) is 0 Å². The van der Waals surface area contributed by atoms with E-state index in [0.29, 0.717) is 22.3 Å². The van der Waals surface area contributed by atoms with Crippen LogP contribution in [0.5, 0.6) is 0 Å². The van der Waals surface area contributed by atoms with Gasteiger partial charge in [0, 0.05) is 0 Å². The molecule has 2 aliphatic heterocycles. The summed E-state index contributed by atoms with van der Waals surface area (Å²) in [7, 11) is 0. The van der Waals surface area contributed by atoms with Crippen LogP contribution in [0.25, 0.3) is 0 Å². The van der Waals surface area contributed by atoms with Gasteiger partial charge in [-0.15, -0.1) is 0 Å². The van der Waals surface area contributed by atoms with Crippen LogP contribution in [0, 0.1) is 0 Å². The molecule has 1 N–H and O–H groups in total. The van der Waals surface area contributed by atoms with Crippen molar-refractivity contribution in [1.29, 1.82) is 0 Å². The number of rotatable bonds is 12. The molecule has 0 aliphatic carbocycles. The van der Waals surface area contributed by atoms with Gasteiger partial charge in [-0.1, -0.05) is 182 Å². The van der Waals surface area contributed by atoms with E-state index in [4.69, 9.17) is 18.9 Å². The van der Waals surface area contributed by atoms with Crippen LogP contribution in [0.3, 0.4) is 0 Å². The number of hydrogen-bond acceptors (Lipinski definition) is 9. The average Bonchev–Trinajstić information content (AvgIpc) is 3.33. The van der Waals surface area contributed by atoms with Gasteiger partial charge in [0.15, 0.2) is 18.2 Å². The molecule has 2 aliphatic rings. The number of morpholine rings is 2. The number of cyclic esters (lactones) is 2. The number of ether oxygens (including phenoxy) is 4. The Morgan fingerprint density at radius 3 is 1.29 bits per heavy atom. The molecule has 2 fully saturated rings. The van der Waals surface area contributed by atoms with Crippen molar-refractivity contribution < 1.29 is 43.2 Å².